The molecule has 3 nitrogen and oxygen atoms in total. The van der Waals surface area contributed by atoms with Crippen LogP contribution in [0.4, 0.5) is 4.79 Å². The second-order valence-corrected chi connectivity index (χ2v) is 4.77. The molecule has 0 bridgehead atoms. The summed E-state index contributed by atoms with van der Waals surface area (Å²) in [6.45, 7) is 5.89. The normalized spacial score (nSPS) is 11.8. The number of halogens is 2. The van der Waals surface area contributed by atoms with Crippen LogP contribution in [0, 0.1) is 0 Å². The molecule has 0 saturated heterocycles. The standard InChI is InChI=1S/C13H16Cl2N2O/c1-4-7-16-13(18)17(3)9(2)11-6-5-10(14)8-12(11)15/h4-6,8-9H,1,7H2,2-3H3,(H,16,18)/t9-/m1/s1. The molecule has 0 spiro atoms. The molecular formula is C13H16Cl2N2O. The molecule has 0 aliphatic heterocycles. The molecule has 0 heterocycles. The first-order valence-corrected chi connectivity index (χ1v) is 6.29. The van der Waals surface area contributed by atoms with Crippen LogP contribution in [-0.2, 0) is 0 Å². The van der Waals surface area contributed by atoms with Gasteiger partial charge in [-0.2, -0.15) is 0 Å². The zero-order valence-corrected chi connectivity index (χ0v) is 11.9. The van der Waals surface area contributed by atoms with Gasteiger partial charge in [-0.3, -0.25) is 0 Å². The fraction of sp³-hybridized carbons (Fsp3) is 0.308. The van der Waals surface area contributed by atoms with Gasteiger partial charge in [0.15, 0.2) is 0 Å². The number of hydrogen-bond acceptors (Lipinski definition) is 1. The minimum absolute atomic E-state index is 0.139. The number of carbonyl (C=O) groups excluding carboxylic acids is 1. The lowest BCUT2D eigenvalue weighted by Gasteiger charge is -2.26. The van der Waals surface area contributed by atoms with E-state index in [1.807, 2.05) is 13.0 Å². The molecule has 0 fully saturated rings. The van der Waals surface area contributed by atoms with Crippen LogP contribution in [-0.4, -0.2) is 24.5 Å². The molecule has 0 saturated carbocycles. The Morgan fingerprint density at radius 3 is 2.78 bits per heavy atom. The molecule has 0 radical (unpaired) electrons. The van der Waals surface area contributed by atoms with Crippen LogP contribution in [0.3, 0.4) is 0 Å². The fourth-order valence-electron chi connectivity index (χ4n) is 1.51. The summed E-state index contributed by atoms with van der Waals surface area (Å²) in [6.07, 6.45) is 1.63. The molecule has 0 aromatic heterocycles. The van der Waals surface area contributed by atoms with Crippen molar-refractivity contribution in [3.63, 3.8) is 0 Å². The molecule has 98 valence electrons. The summed E-state index contributed by atoms with van der Waals surface area (Å²) in [4.78, 5) is 13.4. The van der Waals surface area contributed by atoms with E-state index in [1.54, 1.807) is 30.2 Å². The van der Waals surface area contributed by atoms with Gasteiger partial charge in [-0.05, 0) is 24.6 Å². The fourth-order valence-corrected chi connectivity index (χ4v) is 2.08. The molecule has 1 aromatic carbocycles. The third-order valence-corrected chi connectivity index (χ3v) is 3.27. The van der Waals surface area contributed by atoms with E-state index in [4.69, 9.17) is 23.2 Å². The van der Waals surface area contributed by atoms with E-state index in [2.05, 4.69) is 11.9 Å². The van der Waals surface area contributed by atoms with E-state index in [0.717, 1.165) is 5.56 Å². The average molecular weight is 287 g/mol. The van der Waals surface area contributed by atoms with Crippen molar-refractivity contribution in [1.29, 1.82) is 0 Å². The number of amides is 2. The van der Waals surface area contributed by atoms with Gasteiger partial charge in [0.05, 0.1) is 6.04 Å². The van der Waals surface area contributed by atoms with Crippen LogP contribution in [0.2, 0.25) is 10.0 Å². The summed E-state index contributed by atoms with van der Waals surface area (Å²) in [7, 11) is 1.72. The maximum atomic E-state index is 11.8. The van der Waals surface area contributed by atoms with Crippen LogP contribution < -0.4 is 5.32 Å². The third kappa shape index (κ3) is 3.65. The molecule has 18 heavy (non-hydrogen) atoms. The Balaban J connectivity index is 2.82. The first kappa shape index (κ1) is 14.9. The molecule has 1 N–H and O–H groups in total. The summed E-state index contributed by atoms with van der Waals surface area (Å²) in [5.41, 5.74) is 0.859. The van der Waals surface area contributed by atoms with Crippen LogP contribution in [0.5, 0.6) is 0 Å². The van der Waals surface area contributed by atoms with Gasteiger partial charge in [-0.25, -0.2) is 4.79 Å². The molecular weight excluding hydrogens is 271 g/mol. The zero-order chi connectivity index (χ0) is 13.7. The second-order valence-electron chi connectivity index (χ2n) is 3.93. The van der Waals surface area contributed by atoms with Crippen molar-refractivity contribution in [1.82, 2.24) is 10.2 Å². The number of benzene rings is 1. The highest BCUT2D eigenvalue weighted by atomic mass is 35.5. The van der Waals surface area contributed by atoms with Gasteiger partial charge < -0.3 is 10.2 Å². The summed E-state index contributed by atoms with van der Waals surface area (Å²) in [5, 5.41) is 3.85. The van der Waals surface area contributed by atoms with E-state index < -0.39 is 0 Å². The predicted molar refractivity (Wildman–Crippen MR) is 76.2 cm³/mol. The Labute approximate surface area is 117 Å². The van der Waals surface area contributed by atoms with Gasteiger partial charge >= 0.3 is 6.03 Å². The van der Waals surface area contributed by atoms with Gasteiger partial charge in [0.1, 0.15) is 0 Å². The smallest absolute Gasteiger partial charge is 0.317 e. The van der Waals surface area contributed by atoms with Crippen molar-refractivity contribution in [2.45, 2.75) is 13.0 Å². The van der Waals surface area contributed by atoms with E-state index in [0.29, 0.717) is 16.6 Å². The number of hydrogen-bond donors (Lipinski definition) is 1. The monoisotopic (exact) mass is 286 g/mol. The summed E-state index contributed by atoms with van der Waals surface area (Å²) >= 11 is 12.0. The van der Waals surface area contributed by atoms with E-state index in [9.17, 15) is 4.79 Å². The van der Waals surface area contributed by atoms with E-state index in [1.165, 1.54) is 0 Å². The van der Waals surface area contributed by atoms with Gasteiger partial charge in [0, 0.05) is 23.6 Å². The molecule has 0 aliphatic carbocycles. The van der Waals surface area contributed by atoms with E-state index >= 15 is 0 Å². The Kier molecular flexibility index (Phi) is 5.51. The van der Waals surface area contributed by atoms with E-state index in [-0.39, 0.29) is 12.1 Å². The van der Waals surface area contributed by atoms with Gasteiger partial charge in [-0.1, -0.05) is 35.3 Å². The summed E-state index contributed by atoms with van der Waals surface area (Å²) < 4.78 is 0. The molecule has 0 aliphatic rings. The zero-order valence-electron chi connectivity index (χ0n) is 10.4. The Bertz CT molecular complexity index is 449. The van der Waals surface area contributed by atoms with Crippen LogP contribution in [0.1, 0.15) is 18.5 Å². The SMILES string of the molecule is C=CCNC(=O)N(C)[C@H](C)c1ccc(Cl)cc1Cl. The Morgan fingerprint density at radius 1 is 1.56 bits per heavy atom. The van der Waals surface area contributed by atoms with Crippen molar-refractivity contribution in [3.05, 3.63) is 46.5 Å². The highest BCUT2D eigenvalue weighted by molar-refractivity contribution is 6.35. The number of urea groups is 1. The molecule has 5 heteroatoms. The first-order valence-electron chi connectivity index (χ1n) is 5.54. The second kappa shape index (κ2) is 6.66. The molecule has 1 aromatic rings. The molecule has 1 atom stereocenters. The van der Waals surface area contributed by atoms with Crippen LogP contribution in [0.15, 0.2) is 30.9 Å². The Hall–Kier alpha value is -1.19. The predicted octanol–water partition coefficient (Wildman–Crippen LogP) is 3.88. The molecule has 2 amide bonds. The summed E-state index contributed by atoms with van der Waals surface area (Å²) in [6, 6.07) is 4.94. The van der Waals surface area contributed by atoms with Gasteiger partial charge in [0.25, 0.3) is 0 Å². The topological polar surface area (TPSA) is 32.3 Å². The number of rotatable bonds is 4. The lowest BCUT2D eigenvalue weighted by molar-refractivity contribution is 0.195. The minimum atomic E-state index is -0.173. The van der Waals surface area contributed by atoms with Crippen molar-refractivity contribution >= 4 is 29.2 Å². The van der Waals surface area contributed by atoms with Crippen LogP contribution >= 0.6 is 23.2 Å². The van der Waals surface area contributed by atoms with Crippen molar-refractivity contribution in [2.75, 3.05) is 13.6 Å². The highest BCUT2D eigenvalue weighted by Crippen LogP contribution is 2.28. The van der Waals surface area contributed by atoms with Crippen molar-refractivity contribution in [3.8, 4) is 0 Å². The number of nitrogens with zero attached hydrogens (tertiary/aromatic N) is 1. The molecule has 0 unspecified atom stereocenters. The lowest BCUT2D eigenvalue weighted by Crippen LogP contribution is -2.38. The van der Waals surface area contributed by atoms with Gasteiger partial charge in [-0.15, -0.1) is 6.58 Å². The lowest BCUT2D eigenvalue weighted by atomic mass is 10.1. The highest BCUT2D eigenvalue weighted by Gasteiger charge is 2.18. The van der Waals surface area contributed by atoms with Crippen LogP contribution in [0.25, 0.3) is 0 Å². The third-order valence-electron chi connectivity index (χ3n) is 2.71. The van der Waals surface area contributed by atoms with Crippen molar-refractivity contribution < 1.29 is 4.79 Å². The quantitative estimate of drug-likeness (QED) is 0.837. The molecule has 1 rings (SSSR count). The number of nitrogens with one attached hydrogen (secondary N) is 1. The Morgan fingerprint density at radius 2 is 2.22 bits per heavy atom. The summed E-state index contributed by atoms with van der Waals surface area (Å²) in [5.74, 6) is 0. The maximum absolute atomic E-state index is 11.8. The average Bonchev–Trinajstić information content (AvgIpc) is 2.34. The minimum Gasteiger partial charge on any atom is -0.335 e. The maximum Gasteiger partial charge on any atom is 0.317 e. The number of carbonyl (C=O) groups is 1. The van der Waals surface area contributed by atoms with Gasteiger partial charge in [0.2, 0.25) is 0 Å². The van der Waals surface area contributed by atoms with Crippen molar-refractivity contribution in [2.24, 2.45) is 0 Å². The largest absolute Gasteiger partial charge is 0.335 e. The first-order chi connectivity index (χ1) is 8.47.